The zero-order chi connectivity index (χ0) is 21.6. The van der Waals surface area contributed by atoms with Crippen LogP contribution >= 0.6 is 23.2 Å². The molecule has 0 bridgehead atoms. The lowest BCUT2D eigenvalue weighted by molar-refractivity contribution is -0.131. The molecule has 2 rings (SSSR count). The number of carbonyl (C=O) groups is 2. The Labute approximate surface area is 178 Å². The summed E-state index contributed by atoms with van der Waals surface area (Å²) in [6.07, 6.45) is 2.33. The summed E-state index contributed by atoms with van der Waals surface area (Å²) < 4.78 is 29.9. The van der Waals surface area contributed by atoms with Gasteiger partial charge in [-0.25, -0.2) is 13.8 Å². The number of ether oxygens (including phenoxy) is 1. The number of amides is 1. The molecule has 0 aliphatic carbocycles. The Kier molecular flexibility index (Phi) is 7.60. The van der Waals surface area contributed by atoms with Crippen molar-refractivity contribution in [3.63, 3.8) is 0 Å². The fraction of sp³-hybridized carbons (Fsp3) is 0.167. The molecular weight excluding hydrogens is 441 g/mol. The van der Waals surface area contributed by atoms with Gasteiger partial charge in [-0.2, -0.15) is 5.10 Å². The third-order valence-electron chi connectivity index (χ3n) is 3.42. The van der Waals surface area contributed by atoms with Gasteiger partial charge in [-0.15, -0.1) is 0 Å². The van der Waals surface area contributed by atoms with E-state index in [1.54, 1.807) is 24.3 Å². The smallest absolute Gasteiger partial charge is 0.308 e. The van der Waals surface area contributed by atoms with E-state index in [0.717, 1.165) is 10.6 Å². The molecule has 29 heavy (non-hydrogen) atoms. The molecule has 2 aromatic carbocycles. The largest absolute Gasteiger partial charge is 0.427 e. The van der Waals surface area contributed by atoms with Crippen molar-refractivity contribution in [2.45, 2.75) is 6.92 Å². The van der Waals surface area contributed by atoms with Crippen molar-refractivity contribution in [2.24, 2.45) is 5.10 Å². The van der Waals surface area contributed by atoms with Crippen LogP contribution in [0.2, 0.25) is 10.0 Å². The number of sulfonamides is 1. The summed E-state index contributed by atoms with van der Waals surface area (Å²) >= 11 is 11.8. The molecule has 0 atom stereocenters. The van der Waals surface area contributed by atoms with Crippen molar-refractivity contribution in [3.8, 4) is 5.75 Å². The van der Waals surface area contributed by atoms with Gasteiger partial charge in [0.25, 0.3) is 5.91 Å². The van der Waals surface area contributed by atoms with Crippen molar-refractivity contribution in [2.75, 3.05) is 17.1 Å². The fourth-order valence-electron chi connectivity index (χ4n) is 2.17. The summed E-state index contributed by atoms with van der Waals surface area (Å²) in [6, 6.07) is 10.6. The highest BCUT2D eigenvalue weighted by molar-refractivity contribution is 7.92. The first-order valence-corrected chi connectivity index (χ1v) is 10.7. The lowest BCUT2D eigenvalue weighted by atomic mass is 10.2. The first-order chi connectivity index (χ1) is 13.6. The van der Waals surface area contributed by atoms with E-state index >= 15 is 0 Å². The molecule has 0 radical (unpaired) electrons. The molecular formula is C18H17Cl2N3O5S. The van der Waals surface area contributed by atoms with Crippen LogP contribution in [0.1, 0.15) is 12.5 Å². The van der Waals surface area contributed by atoms with E-state index in [4.69, 9.17) is 27.9 Å². The molecule has 0 aliphatic rings. The Morgan fingerprint density at radius 2 is 1.79 bits per heavy atom. The molecule has 0 aliphatic heterocycles. The molecule has 8 nitrogen and oxygen atoms in total. The van der Waals surface area contributed by atoms with Gasteiger partial charge in [0.1, 0.15) is 12.3 Å². The zero-order valence-electron chi connectivity index (χ0n) is 15.4. The van der Waals surface area contributed by atoms with Crippen LogP contribution in [-0.2, 0) is 19.6 Å². The zero-order valence-corrected chi connectivity index (χ0v) is 17.8. The van der Waals surface area contributed by atoms with E-state index < -0.39 is 28.4 Å². The molecule has 11 heteroatoms. The third kappa shape index (κ3) is 7.04. The Morgan fingerprint density at radius 1 is 1.14 bits per heavy atom. The maximum absolute atomic E-state index is 12.1. The molecule has 0 fully saturated rings. The van der Waals surface area contributed by atoms with E-state index in [1.807, 2.05) is 0 Å². The summed E-state index contributed by atoms with van der Waals surface area (Å²) in [6.45, 7) is 0.794. The molecule has 1 N–H and O–H groups in total. The van der Waals surface area contributed by atoms with Crippen LogP contribution < -0.4 is 14.5 Å². The average Bonchev–Trinajstić information content (AvgIpc) is 2.62. The second kappa shape index (κ2) is 9.73. The number of hydrazone groups is 1. The molecule has 0 heterocycles. The van der Waals surface area contributed by atoms with Crippen molar-refractivity contribution in [1.82, 2.24) is 5.43 Å². The molecule has 0 aromatic heterocycles. The van der Waals surface area contributed by atoms with Gasteiger partial charge in [-0.3, -0.25) is 13.9 Å². The number of carbonyl (C=O) groups excluding carboxylic acids is 2. The quantitative estimate of drug-likeness (QED) is 0.297. The van der Waals surface area contributed by atoms with Gasteiger partial charge in [-0.1, -0.05) is 23.2 Å². The van der Waals surface area contributed by atoms with Gasteiger partial charge in [0.2, 0.25) is 10.0 Å². The number of hydrogen-bond acceptors (Lipinski definition) is 6. The minimum absolute atomic E-state index is 0.161. The highest BCUT2D eigenvalue weighted by Crippen LogP contribution is 2.28. The Hall–Kier alpha value is -2.62. The maximum Gasteiger partial charge on any atom is 0.308 e. The highest BCUT2D eigenvalue weighted by Gasteiger charge is 2.21. The fourth-order valence-corrected chi connectivity index (χ4v) is 3.31. The summed E-state index contributed by atoms with van der Waals surface area (Å²) in [7, 11) is -3.76. The lowest BCUT2D eigenvalue weighted by Crippen LogP contribution is -2.39. The summed E-state index contributed by atoms with van der Waals surface area (Å²) in [4.78, 5) is 23.0. The lowest BCUT2D eigenvalue weighted by Gasteiger charge is -2.21. The van der Waals surface area contributed by atoms with E-state index in [0.29, 0.717) is 11.3 Å². The topological polar surface area (TPSA) is 105 Å². The van der Waals surface area contributed by atoms with Gasteiger partial charge in [0, 0.05) is 6.92 Å². The molecule has 154 valence electrons. The third-order valence-corrected chi connectivity index (χ3v) is 5.30. The first-order valence-electron chi connectivity index (χ1n) is 8.09. The van der Waals surface area contributed by atoms with Crippen LogP contribution in [0, 0.1) is 0 Å². The van der Waals surface area contributed by atoms with Gasteiger partial charge in [0.15, 0.2) is 0 Å². The van der Waals surface area contributed by atoms with Crippen molar-refractivity contribution in [1.29, 1.82) is 0 Å². The summed E-state index contributed by atoms with van der Waals surface area (Å²) in [5.41, 5.74) is 3.08. The molecule has 1 amide bonds. The number of nitrogens with zero attached hydrogens (tertiary/aromatic N) is 2. The second-order valence-electron chi connectivity index (χ2n) is 5.82. The van der Waals surface area contributed by atoms with Gasteiger partial charge in [-0.05, 0) is 48.0 Å². The summed E-state index contributed by atoms with van der Waals surface area (Å²) in [5, 5.41) is 4.21. The molecule has 0 saturated carbocycles. The van der Waals surface area contributed by atoms with Crippen molar-refractivity contribution >= 4 is 57.0 Å². The number of halogens is 2. The monoisotopic (exact) mass is 457 g/mol. The van der Waals surface area contributed by atoms with Crippen LogP contribution in [0.25, 0.3) is 0 Å². The molecule has 2 aromatic rings. The van der Waals surface area contributed by atoms with Gasteiger partial charge in [0.05, 0.1) is 28.2 Å². The highest BCUT2D eigenvalue weighted by atomic mass is 35.5. The van der Waals surface area contributed by atoms with Gasteiger partial charge >= 0.3 is 5.97 Å². The first kappa shape index (κ1) is 22.7. The van der Waals surface area contributed by atoms with Crippen LogP contribution in [0.5, 0.6) is 5.75 Å². The predicted octanol–water partition coefficient (Wildman–Crippen LogP) is 2.84. The van der Waals surface area contributed by atoms with E-state index in [1.165, 1.54) is 31.3 Å². The Bertz CT molecular complexity index is 1040. The Balaban J connectivity index is 2.04. The van der Waals surface area contributed by atoms with E-state index in [2.05, 4.69) is 10.5 Å². The standard InChI is InChI=1S/C18H17Cl2N3O5S/c1-12(24)28-15-6-3-13(4-7-15)10-21-22-18(25)11-23(29(2,26)27)14-5-8-16(19)17(20)9-14/h3-10H,11H2,1-2H3,(H,22,25)/b21-10-. The molecule has 0 spiro atoms. The number of benzene rings is 2. The minimum atomic E-state index is -3.76. The minimum Gasteiger partial charge on any atom is -0.427 e. The van der Waals surface area contributed by atoms with E-state index in [-0.39, 0.29) is 15.7 Å². The van der Waals surface area contributed by atoms with Crippen LogP contribution in [-0.4, -0.2) is 39.3 Å². The molecule has 0 saturated heterocycles. The number of hydrogen-bond donors (Lipinski definition) is 1. The second-order valence-corrected chi connectivity index (χ2v) is 8.55. The maximum atomic E-state index is 12.1. The average molecular weight is 458 g/mol. The van der Waals surface area contributed by atoms with Crippen LogP contribution in [0.15, 0.2) is 47.6 Å². The SMILES string of the molecule is CC(=O)Oc1ccc(/C=N\NC(=O)CN(c2ccc(Cl)c(Cl)c2)S(C)(=O)=O)cc1. The van der Waals surface area contributed by atoms with Gasteiger partial charge < -0.3 is 4.74 Å². The molecule has 0 unspecified atom stereocenters. The summed E-state index contributed by atoms with van der Waals surface area (Å²) in [5.74, 6) is -0.713. The normalized spacial score (nSPS) is 11.3. The van der Waals surface area contributed by atoms with Crippen molar-refractivity contribution < 1.29 is 22.7 Å². The number of esters is 1. The van der Waals surface area contributed by atoms with Crippen molar-refractivity contribution in [3.05, 3.63) is 58.1 Å². The van der Waals surface area contributed by atoms with Crippen LogP contribution in [0.3, 0.4) is 0 Å². The Morgan fingerprint density at radius 3 is 2.34 bits per heavy atom. The predicted molar refractivity (Wildman–Crippen MR) is 112 cm³/mol. The number of nitrogens with one attached hydrogen (secondary N) is 1. The number of anilines is 1. The van der Waals surface area contributed by atoms with Crippen LogP contribution in [0.4, 0.5) is 5.69 Å². The van der Waals surface area contributed by atoms with E-state index in [9.17, 15) is 18.0 Å². The number of rotatable bonds is 7.